The van der Waals surface area contributed by atoms with E-state index in [-0.39, 0.29) is 0 Å². The van der Waals surface area contributed by atoms with Crippen LogP contribution >= 0.6 is 0 Å². The fourth-order valence-corrected chi connectivity index (χ4v) is 6.36. The Morgan fingerprint density at radius 3 is 1.48 bits per heavy atom. The van der Waals surface area contributed by atoms with Crippen LogP contribution in [0.1, 0.15) is 0 Å². The van der Waals surface area contributed by atoms with E-state index in [0.29, 0.717) is 0 Å². The molecule has 0 saturated carbocycles. The van der Waals surface area contributed by atoms with Gasteiger partial charge in [0.05, 0.1) is 5.69 Å². The van der Waals surface area contributed by atoms with E-state index in [1.54, 1.807) is 0 Å². The molecule has 0 unspecified atom stereocenters. The quantitative estimate of drug-likeness (QED) is 0.205. The second-order valence-corrected chi connectivity index (χ2v) is 10.7. The van der Waals surface area contributed by atoms with Crippen LogP contribution in [-0.2, 0) is 0 Å². The van der Waals surface area contributed by atoms with E-state index >= 15 is 0 Å². The summed E-state index contributed by atoms with van der Waals surface area (Å²) in [6.45, 7) is 0. The van der Waals surface area contributed by atoms with Crippen LogP contribution in [0.4, 0.5) is 0 Å². The summed E-state index contributed by atoms with van der Waals surface area (Å²) in [6, 6.07) is 56.7. The van der Waals surface area contributed by atoms with Gasteiger partial charge < -0.3 is 0 Å². The molecular weight excluding hydrogens is 506 g/mol. The average Bonchev–Trinajstić information content (AvgIpc) is 3.07. The lowest BCUT2D eigenvalue weighted by Crippen LogP contribution is -1.91. The molecule has 0 bridgehead atoms. The Hall–Kier alpha value is -5.53. The standard InChI is InChI=1S/C41H27N/c1-3-12-30(13-4-1)39-35-17-9-10-18-36(35)40(31-14-5-2-6-15-31)38-27-33(23-24-37(38)39)28-19-21-32(22-20-28)41-34-16-8-7-11-29(34)25-26-42-41/h1-27H. The Labute approximate surface area is 245 Å². The van der Waals surface area contributed by atoms with Crippen LogP contribution in [0.3, 0.4) is 0 Å². The Balaban J connectivity index is 1.35. The summed E-state index contributed by atoms with van der Waals surface area (Å²) in [5, 5.41) is 7.44. The molecular formula is C41H27N. The second-order valence-electron chi connectivity index (χ2n) is 10.7. The van der Waals surface area contributed by atoms with Crippen molar-refractivity contribution >= 4 is 32.3 Å². The molecule has 0 atom stereocenters. The van der Waals surface area contributed by atoms with Gasteiger partial charge in [-0.2, -0.15) is 0 Å². The van der Waals surface area contributed by atoms with Crippen molar-refractivity contribution in [3.8, 4) is 44.6 Å². The highest BCUT2D eigenvalue weighted by atomic mass is 14.7. The fraction of sp³-hybridized carbons (Fsp3) is 0. The second kappa shape index (κ2) is 10.1. The number of aromatic nitrogens is 1. The van der Waals surface area contributed by atoms with E-state index in [0.717, 1.165) is 11.3 Å². The molecule has 1 nitrogen and oxygen atoms in total. The molecule has 0 aliphatic heterocycles. The normalized spacial score (nSPS) is 11.3. The van der Waals surface area contributed by atoms with Gasteiger partial charge in [-0.15, -0.1) is 0 Å². The number of hydrogen-bond acceptors (Lipinski definition) is 1. The first-order valence-electron chi connectivity index (χ1n) is 14.4. The Morgan fingerprint density at radius 1 is 0.310 bits per heavy atom. The summed E-state index contributed by atoms with van der Waals surface area (Å²) in [7, 11) is 0. The molecule has 1 heteroatoms. The van der Waals surface area contributed by atoms with Crippen LogP contribution in [0, 0.1) is 0 Å². The Kier molecular flexibility index (Phi) is 5.86. The molecule has 7 aromatic carbocycles. The van der Waals surface area contributed by atoms with Gasteiger partial charge in [0, 0.05) is 17.1 Å². The van der Waals surface area contributed by atoms with Crippen LogP contribution in [0.5, 0.6) is 0 Å². The predicted octanol–water partition coefficient (Wildman–Crippen LogP) is 11.2. The summed E-state index contributed by atoms with van der Waals surface area (Å²) in [5.41, 5.74) is 9.55. The van der Waals surface area contributed by atoms with Gasteiger partial charge in [0.15, 0.2) is 0 Å². The number of fused-ring (bicyclic) bond motifs is 3. The molecule has 0 spiro atoms. The van der Waals surface area contributed by atoms with Gasteiger partial charge in [-0.05, 0) is 72.4 Å². The summed E-state index contributed by atoms with van der Waals surface area (Å²) in [4.78, 5) is 4.73. The molecule has 0 aliphatic rings. The molecule has 0 N–H and O–H groups in total. The van der Waals surface area contributed by atoms with Crippen molar-refractivity contribution in [1.29, 1.82) is 0 Å². The molecule has 0 amide bonds. The number of nitrogens with zero attached hydrogens (tertiary/aromatic N) is 1. The lowest BCUT2D eigenvalue weighted by Gasteiger charge is -2.18. The van der Waals surface area contributed by atoms with E-state index in [9.17, 15) is 0 Å². The molecule has 0 radical (unpaired) electrons. The van der Waals surface area contributed by atoms with E-state index in [4.69, 9.17) is 4.98 Å². The minimum Gasteiger partial charge on any atom is -0.256 e. The molecule has 0 fully saturated rings. The van der Waals surface area contributed by atoms with E-state index in [2.05, 4.69) is 158 Å². The van der Waals surface area contributed by atoms with Crippen LogP contribution in [0.25, 0.3) is 77.0 Å². The van der Waals surface area contributed by atoms with Gasteiger partial charge in [0.2, 0.25) is 0 Å². The molecule has 196 valence electrons. The topological polar surface area (TPSA) is 12.9 Å². The number of hydrogen-bond donors (Lipinski definition) is 0. The fourth-order valence-electron chi connectivity index (χ4n) is 6.36. The largest absolute Gasteiger partial charge is 0.256 e. The maximum Gasteiger partial charge on any atom is 0.0780 e. The van der Waals surface area contributed by atoms with Crippen molar-refractivity contribution in [2.45, 2.75) is 0 Å². The summed E-state index contributed by atoms with van der Waals surface area (Å²) in [5.74, 6) is 0. The molecule has 8 aromatic rings. The van der Waals surface area contributed by atoms with Crippen LogP contribution in [-0.4, -0.2) is 4.98 Å². The minimum atomic E-state index is 1.02. The minimum absolute atomic E-state index is 1.02. The number of pyridine rings is 1. The third-order valence-corrected chi connectivity index (χ3v) is 8.31. The van der Waals surface area contributed by atoms with Crippen LogP contribution in [0.2, 0.25) is 0 Å². The maximum atomic E-state index is 4.73. The molecule has 1 aromatic heterocycles. The zero-order chi connectivity index (χ0) is 27.9. The molecule has 1 heterocycles. The highest BCUT2D eigenvalue weighted by molar-refractivity contribution is 6.22. The first kappa shape index (κ1) is 24.3. The first-order valence-corrected chi connectivity index (χ1v) is 14.4. The molecule has 42 heavy (non-hydrogen) atoms. The van der Waals surface area contributed by atoms with E-state index < -0.39 is 0 Å². The predicted molar refractivity (Wildman–Crippen MR) is 178 cm³/mol. The molecule has 0 aliphatic carbocycles. The van der Waals surface area contributed by atoms with Crippen molar-refractivity contribution in [3.05, 3.63) is 164 Å². The van der Waals surface area contributed by atoms with Crippen molar-refractivity contribution in [1.82, 2.24) is 4.98 Å². The van der Waals surface area contributed by atoms with E-state index in [1.165, 1.54) is 65.7 Å². The highest BCUT2D eigenvalue weighted by Gasteiger charge is 2.17. The molecule has 8 rings (SSSR count). The maximum absolute atomic E-state index is 4.73. The van der Waals surface area contributed by atoms with Gasteiger partial charge in [0.1, 0.15) is 0 Å². The zero-order valence-electron chi connectivity index (χ0n) is 23.0. The monoisotopic (exact) mass is 533 g/mol. The lowest BCUT2D eigenvalue weighted by molar-refractivity contribution is 1.36. The lowest BCUT2D eigenvalue weighted by atomic mass is 9.85. The molecule has 0 saturated heterocycles. The summed E-state index contributed by atoms with van der Waals surface area (Å²) < 4.78 is 0. The van der Waals surface area contributed by atoms with Gasteiger partial charge in [0.25, 0.3) is 0 Å². The Morgan fingerprint density at radius 2 is 0.810 bits per heavy atom. The highest BCUT2D eigenvalue weighted by Crippen LogP contribution is 2.44. The van der Waals surface area contributed by atoms with Gasteiger partial charge >= 0.3 is 0 Å². The SMILES string of the molecule is c1ccc(-c2c3ccccc3c(-c3ccccc3)c3cc(-c4ccc(-c5nccc6ccccc56)cc4)ccc23)cc1. The third kappa shape index (κ3) is 4.06. The first-order chi connectivity index (χ1) is 20.8. The average molecular weight is 534 g/mol. The van der Waals surface area contributed by atoms with Gasteiger partial charge in [-0.25, -0.2) is 0 Å². The van der Waals surface area contributed by atoms with Crippen molar-refractivity contribution in [3.63, 3.8) is 0 Å². The van der Waals surface area contributed by atoms with Crippen LogP contribution < -0.4 is 0 Å². The number of benzene rings is 7. The van der Waals surface area contributed by atoms with E-state index in [1.807, 2.05) is 6.20 Å². The Bertz CT molecular complexity index is 2210. The summed E-state index contributed by atoms with van der Waals surface area (Å²) >= 11 is 0. The van der Waals surface area contributed by atoms with Crippen molar-refractivity contribution < 1.29 is 0 Å². The van der Waals surface area contributed by atoms with Gasteiger partial charge in [-0.1, -0.05) is 146 Å². The smallest absolute Gasteiger partial charge is 0.0780 e. The number of rotatable bonds is 4. The van der Waals surface area contributed by atoms with Gasteiger partial charge in [-0.3, -0.25) is 4.98 Å². The zero-order valence-corrected chi connectivity index (χ0v) is 23.0. The van der Waals surface area contributed by atoms with Crippen molar-refractivity contribution in [2.24, 2.45) is 0 Å². The summed E-state index contributed by atoms with van der Waals surface area (Å²) in [6.07, 6.45) is 1.90. The van der Waals surface area contributed by atoms with Crippen molar-refractivity contribution in [2.75, 3.05) is 0 Å². The third-order valence-electron chi connectivity index (χ3n) is 8.31. The van der Waals surface area contributed by atoms with Crippen LogP contribution in [0.15, 0.2) is 164 Å².